The van der Waals surface area contributed by atoms with Gasteiger partial charge in [-0.2, -0.15) is 0 Å². The van der Waals surface area contributed by atoms with Gasteiger partial charge in [-0.1, -0.05) is 98.8 Å². The Kier molecular flexibility index (Phi) is 17.7. The van der Waals surface area contributed by atoms with E-state index in [1.54, 1.807) is 6.08 Å². The number of carbonyl (C=O) groups excluding carboxylic acids is 4. The first kappa shape index (κ1) is 41.0. The van der Waals surface area contributed by atoms with Crippen LogP contribution in [0.4, 0.5) is 4.79 Å². The van der Waals surface area contributed by atoms with E-state index >= 15 is 0 Å². The molecule has 0 aliphatic rings. The van der Waals surface area contributed by atoms with Crippen molar-refractivity contribution in [2.24, 2.45) is 11.8 Å². The molecule has 0 heterocycles. The molecular weight excluding hydrogens is 662 g/mol. The zero-order chi connectivity index (χ0) is 37.7. The maximum absolute atomic E-state index is 13.4. The Labute approximate surface area is 306 Å². The normalized spacial score (nSPS) is 13.1. The predicted molar refractivity (Wildman–Crippen MR) is 199 cm³/mol. The number of benzene rings is 3. The molecule has 4 N–H and O–H groups in total. The lowest BCUT2D eigenvalue weighted by Crippen LogP contribution is -2.48. The maximum Gasteiger partial charge on any atom is 0.408 e. The monoisotopic (exact) mass is 713 g/mol. The quantitative estimate of drug-likeness (QED) is 0.0796. The molecule has 52 heavy (non-hydrogen) atoms. The number of ether oxygens (including phenoxy) is 3. The Bertz CT molecular complexity index is 1560. The van der Waals surface area contributed by atoms with E-state index in [4.69, 9.17) is 14.2 Å². The first-order valence-electron chi connectivity index (χ1n) is 17.4. The fourth-order valence-corrected chi connectivity index (χ4v) is 5.16. The summed E-state index contributed by atoms with van der Waals surface area (Å²) in [7, 11) is 0. The van der Waals surface area contributed by atoms with Crippen LogP contribution >= 0.6 is 0 Å². The van der Waals surface area contributed by atoms with Gasteiger partial charge >= 0.3 is 12.1 Å². The number of alkyl carbamates (subject to hydrolysis) is 1. The second kappa shape index (κ2) is 22.4. The molecule has 11 heteroatoms. The summed E-state index contributed by atoms with van der Waals surface area (Å²) >= 11 is 0. The summed E-state index contributed by atoms with van der Waals surface area (Å²) in [6, 6.07) is 24.2. The number of esters is 1. The zero-order valence-electron chi connectivity index (χ0n) is 30.0. The molecule has 0 saturated heterocycles. The maximum atomic E-state index is 13.4. The van der Waals surface area contributed by atoms with Gasteiger partial charge in [-0.15, -0.1) is 13.2 Å². The second-order valence-electron chi connectivity index (χ2n) is 12.8. The number of allylic oxidation sites excluding steroid dienone is 1. The highest BCUT2D eigenvalue weighted by molar-refractivity contribution is 5.86. The van der Waals surface area contributed by atoms with Gasteiger partial charge in [-0.25, -0.2) is 9.59 Å². The second-order valence-corrected chi connectivity index (χ2v) is 12.8. The third-order valence-corrected chi connectivity index (χ3v) is 8.22. The number of aliphatic hydroxyl groups excluding tert-OH is 1. The third kappa shape index (κ3) is 14.8. The molecule has 0 aromatic heterocycles. The van der Waals surface area contributed by atoms with Crippen molar-refractivity contribution in [2.75, 3.05) is 13.2 Å². The van der Waals surface area contributed by atoms with Crippen molar-refractivity contribution < 1.29 is 38.5 Å². The van der Waals surface area contributed by atoms with Crippen molar-refractivity contribution in [3.63, 3.8) is 0 Å². The van der Waals surface area contributed by atoms with Crippen molar-refractivity contribution in [3.8, 4) is 5.75 Å². The number of aliphatic hydroxyl groups is 1. The minimum Gasteiger partial charge on any atom is -0.489 e. The Morgan fingerprint density at radius 1 is 0.750 bits per heavy atom. The van der Waals surface area contributed by atoms with E-state index in [9.17, 15) is 24.3 Å². The van der Waals surface area contributed by atoms with Crippen LogP contribution in [0.25, 0.3) is 0 Å². The van der Waals surface area contributed by atoms with Crippen LogP contribution < -0.4 is 20.7 Å². The number of hydrogen-bond acceptors (Lipinski definition) is 8. The average molecular weight is 714 g/mol. The lowest BCUT2D eigenvalue weighted by Gasteiger charge is -2.26. The van der Waals surface area contributed by atoms with Crippen LogP contribution in [0.5, 0.6) is 5.75 Å². The van der Waals surface area contributed by atoms with Crippen LogP contribution in [0.1, 0.15) is 49.8 Å². The fourth-order valence-electron chi connectivity index (χ4n) is 5.16. The van der Waals surface area contributed by atoms with Crippen molar-refractivity contribution in [3.05, 3.63) is 127 Å². The van der Waals surface area contributed by atoms with E-state index in [1.807, 2.05) is 98.8 Å². The highest BCUT2D eigenvalue weighted by Crippen LogP contribution is 2.17. The number of hydrogen-bond donors (Lipinski definition) is 4. The molecule has 0 bridgehead atoms. The topological polar surface area (TPSA) is 152 Å². The highest BCUT2D eigenvalue weighted by atomic mass is 16.6. The summed E-state index contributed by atoms with van der Waals surface area (Å²) in [5.74, 6) is -1.68. The van der Waals surface area contributed by atoms with Crippen molar-refractivity contribution in [1.82, 2.24) is 16.0 Å². The Hall–Kier alpha value is -5.42. The minimum atomic E-state index is -1.04. The Balaban J connectivity index is 1.49. The summed E-state index contributed by atoms with van der Waals surface area (Å²) in [6.45, 7) is 11.2. The Morgan fingerprint density at radius 2 is 1.37 bits per heavy atom. The van der Waals surface area contributed by atoms with Gasteiger partial charge < -0.3 is 35.3 Å². The molecule has 3 rings (SSSR count). The molecule has 3 aromatic carbocycles. The van der Waals surface area contributed by atoms with E-state index in [2.05, 4.69) is 29.1 Å². The lowest BCUT2D eigenvalue weighted by atomic mass is 9.97. The van der Waals surface area contributed by atoms with Crippen LogP contribution in [0, 0.1) is 11.8 Å². The molecule has 0 radical (unpaired) electrons. The van der Waals surface area contributed by atoms with Crippen molar-refractivity contribution in [1.29, 1.82) is 0 Å². The van der Waals surface area contributed by atoms with E-state index in [-0.39, 0.29) is 45.0 Å². The lowest BCUT2D eigenvalue weighted by molar-refractivity contribution is -0.148. The van der Waals surface area contributed by atoms with Gasteiger partial charge in [-0.3, -0.25) is 9.59 Å². The SMILES string of the molecule is C=CC[C@@H](CC(=O)N[C@H](CO)Cc1ccc(OCc2ccccc2)cc1)C(=O)N[C@H](COC(=O)[C@@H](CC=C)NC(=O)OCc1ccccc1)C(C)C. The number of amides is 3. The van der Waals surface area contributed by atoms with E-state index < -0.39 is 47.9 Å². The first-order valence-corrected chi connectivity index (χ1v) is 17.4. The molecule has 0 aliphatic heterocycles. The number of carbonyl (C=O) groups is 4. The van der Waals surface area contributed by atoms with Crippen LogP contribution in [-0.2, 0) is 43.5 Å². The molecule has 0 spiro atoms. The predicted octanol–water partition coefficient (Wildman–Crippen LogP) is 5.42. The molecule has 3 amide bonds. The minimum absolute atomic E-state index is 0.0358. The van der Waals surface area contributed by atoms with E-state index in [0.29, 0.717) is 18.8 Å². The molecule has 0 unspecified atom stereocenters. The number of rotatable bonds is 22. The number of nitrogens with one attached hydrogen (secondary N) is 3. The molecule has 11 nitrogen and oxygen atoms in total. The molecular formula is C41H51N3O8. The van der Waals surface area contributed by atoms with Crippen LogP contribution in [0.2, 0.25) is 0 Å². The molecule has 0 aliphatic carbocycles. The van der Waals surface area contributed by atoms with Gasteiger partial charge in [0.15, 0.2) is 0 Å². The van der Waals surface area contributed by atoms with E-state index in [1.165, 1.54) is 6.08 Å². The van der Waals surface area contributed by atoms with Gasteiger partial charge in [0.05, 0.1) is 24.6 Å². The largest absolute Gasteiger partial charge is 0.489 e. The molecule has 278 valence electrons. The van der Waals surface area contributed by atoms with Crippen LogP contribution in [-0.4, -0.2) is 60.3 Å². The van der Waals surface area contributed by atoms with E-state index in [0.717, 1.165) is 16.7 Å². The van der Waals surface area contributed by atoms with Crippen LogP contribution in [0.3, 0.4) is 0 Å². The molecule has 4 atom stereocenters. The van der Waals surface area contributed by atoms with Gasteiger partial charge in [0, 0.05) is 6.42 Å². The summed E-state index contributed by atoms with van der Waals surface area (Å²) in [5.41, 5.74) is 2.75. The third-order valence-electron chi connectivity index (χ3n) is 8.22. The smallest absolute Gasteiger partial charge is 0.408 e. The molecule has 0 saturated carbocycles. The van der Waals surface area contributed by atoms with Crippen LogP contribution in [0.15, 0.2) is 110 Å². The van der Waals surface area contributed by atoms with Gasteiger partial charge in [0.1, 0.15) is 31.6 Å². The first-order chi connectivity index (χ1) is 25.1. The summed E-state index contributed by atoms with van der Waals surface area (Å²) in [6.07, 6.45) is 2.85. The van der Waals surface area contributed by atoms with Gasteiger partial charge in [0.25, 0.3) is 0 Å². The zero-order valence-corrected chi connectivity index (χ0v) is 30.0. The molecule has 0 fully saturated rings. The van der Waals surface area contributed by atoms with Gasteiger partial charge in [-0.05, 0) is 54.0 Å². The standard InChI is InChI=1S/C41H51N3O8/c1-5-13-33(24-38(46)42-34(25-45)23-30-19-21-35(22-20-30)50-26-31-15-9-7-10-16-31)39(47)43-37(29(3)4)28-51-40(48)36(14-6-2)44-41(49)52-27-32-17-11-8-12-18-32/h5-12,15-22,29,33-34,36-37,45H,1-2,13-14,23-28H2,3-4H3,(H,42,46)(H,43,47)(H,44,49)/t33-,34-,36+,37+/m0/s1. The summed E-state index contributed by atoms with van der Waals surface area (Å²) < 4.78 is 16.6. The highest BCUT2D eigenvalue weighted by Gasteiger charge is 2.28. The van der Waals surface area contributed by atoms with Crippen molar-refractivity contribution in [2.45, 2.75) is 70.9 Å². The molecule has 3 aromatic rings. The Morgan fingerprint density at radius 3 is 1.94 bits per heavy atom. The fraction of sp³-hybridized carbons (Fsp3) is 0.366. The van der Waals surface area contributed by atoms with Gasteiger partial charge in [0.2, 0.25) is 11.8 Å². The van der Waals surface area contributed by atoms with Crippen molar-refractivity contribution >= 4 is 23.9 Å². The summed E-state index contributed by atoms with van der Waals surface area (Å²) in [4.78, 5) is 51.8. The summed E-state index contributed by atoms with van der Waals surface area (Å²) in [5, 5.41) is 18.3. The average Bonchev–Trinajstić information content (AvgIpc) is 3.15.